The predicted octanol–water partition coefficient (Wildman–Crippen LogP) is 1.46. The molecule has 1 heterocycles. The second kappa shape index (κ2) is 6.74. The monoisotopic (exact) mass is 234 g/mol. The molecule has 1 fully saturated rings. The van der Waals surface area contributed by atoms with Crippen LogP contribution in [0.4, 0.5) is 0 Å². The lowest BCUT2D eigenvalue weighted by Crippen LogP contribution is -2.39. The van der Waals surface area contributed by atoms with Crippen molar-refractivity contribution >= 4 is 0 Å². The predicted molar refractivity (Wildman–Crippen MR) is 70.1 cm³/mol. The summed E-state index contributed by atoms with van der Waals surface area (Å²) in [4.78, 5) is 0. The van der Waals surface area contributed by atoms with Crippen LogP contribution in [0.15, 0.2) is 24.3 Å². The topological polar surface area (TPSA) is 33.3 Å². The number of hydrogen-bond donors (Lipinski definition) is 2. The number of ether oxygens (including phenoxy) is 1. The van der Waals surface area contributed by atoms with Crippen LogP contribution in [0.3, 0.4) is 0 Å². The Bertz CT molecular complexity index is 317. The van der Waals surface area contributed by atoms with Crippen molar-refractivity contribution in [1.82, 2.24) is 10.6 Å². The molecule has 0 bridgehead atoms. The summed E-state index contributed by atoms with van der Waals surface area (Å²) in [5.41, 5.74) is 2.66. The Morgan fingerprint density at radius 1 is 1.35 bits per heavy atom. The first-order valence-electron chi connectivity index (χ1n) is 6.43. The normalized spacial score (nSPS) is 20.4. The fraction of sp³-hybridized carbons (Fsp3) is 0.571. The van der Waals surface area contributed by atoms with Crippen molar-refractivity contribution in [2.45, 2.75) is 26.0 Å². The second-order valence-electron chi connectivity index (χ2n) is 4.65. The van der Waals surface area contributed by atoms with E-state index in [1.165, 1.54) is 11.1 Å². The van der Waals surface area contributed by atoms with Gasteiger partial charge in [0.1, 0.15) is 0 Å². The molecule has 1 saturated heterocycles. The van der Waals surface area contributed by atoms with Crippen molar-refractivity contribution in [1.29, 1.82) is 0 Å². The fourth-order valence-electron chi connectivity index (χ4n) is 2.01. The molecule has 1 aromatic carbocycles. The van der Waals surface area contributed by atoms with E-state index >= 15 is 0 Å². The molecule has 2 N–H and O–H groups in total. The minimum atomic E-state index is 0.384. The van der Waals surface area contributed by atoms with E-state index in [0.29, 0.717) is 6.10 Å². The molecule has 2 rings (SSSR count). The van der Waals surface area contributed by atoms with Crippen molar-refractivity contribution < 1.29 is 4.74 Å². The Morgan fingerprint density at radius 3 is 2.88 bits per heavy atom. The highest BCUT2D eigenvalue weighted by molar-refractivity contribution is 5.20. The Hall–Kier alpha value is -0.900. The molecule has 1 atom stereocenters. The third-order valence-corrected chi connectivity index (χ3v) is 3.10. The van der Waals surface area contributed by atoms with Gasteiger partial charge in [-0.1, -0.05) is 29.8 Å². The number of benzene rings is 1. The van der Waals surface area contributed by atoms with Gasteiger partial charge in [0.05, 0.1) is 12.7 Å². The van der Waals surface area contributed by atoms with E-state index in [1.54, 1.807) is 0 Å². The molecule has 94 valence electrons. The Balaban J connectivity index is 1.60. The maximum Gasteiger partial charge on any atom is 0.0712 e. The van der Waals surface area contributed by atoms with Crippen LogP contribution in [0, 0.1) is 6.92 Å². The summed E-state index contributed by atoms with van der Waals surface area (Å²) >= 11 is 0. The summed E-state index contributed by atoms with van der Waals surface area (Å²) in [6, 6.07) is 8.68. The van der Waals surface area contributed by atoms with Gasteiger partial charge in [0.25, 0.3) is 0 Å². The lowest BCUT2D eigenvalue weighted by molar-refractivity contribution is 0.0238. The van der Waals surface area contributed by atoms with E-state index in [-0.39, 0.29) is 0 Å². The van der Waals surface area contributed by atoms with E-state index in [0.717, 1.165) is 39.2 Å². The number of aryl methyl sites for hydroxylation is 1. The lowest BCUT2D eigenvalue weighted by atomic mass is 10.1. The average molecular weight is 234 g/mol. The van der Waals surface area contributed by atoms with Crippen molar-refractivity contribution in [3.8, 4) is 0 Å². The number of nitrogens with one attached hydrogen (secondary N) is 2. The highest BCUT2D eigenvalue weighted by Gasteiger charge is 2.11. The van der Waals surface area contributed by atoms with Gasteiger partial charge in [-0.15, -0.1) is 0 Å². The standard InChI is InChI=1S/C14H22N2O/c1-12-2-4-13(5-3-12)10-15-7-6-14-11-16-8-9-17-14/h2-5,14-16H,6-11H2,1H3. The third-order valence-electron chi connectivity index (χ3n) is 3.10. The lowest BCUT2D eigenvalue weighted by Gasteiger charge is -2.23. The van der Waals surface area contributed by atoms with Crippen molar-refractivity contribution in [2.75, 3.05) is 26.2 Å². The molecular formula is C14H22N2O. The zero-order valence-electron chi connectivity index (χ0n) is 10.5. The van der Waals surface area contributed by atoms with E-state index in [1.807, 2.05) is 0 Å². The highest BCUT2D eigenvalue weighted by atomic mass is 16.5. The highest BCUT2D eigenvalue weighted by Crippen LogP contribution is 2.03. The summed E-state index contributed by atoms with van der Waals surface area (Å²) in [5.74, 6) is 0. The molecular weight excluding hydrogens is 212 g/mol. The zero-order chi connectivity index (χ0) is 11.9. The summed E-state index contributed by atoms with van der Waals surface area (Å²) in [6.07, 6.45) is 1.47. The molecule has 17 heavy (non-hydrogen) atoms. The van der Waals surface area contributed by atoms with Crippen LogP contribution in [0.1, 0.15) is 17.5 Å². The Kier molecular flexibility index (Phi) is 4.98. The summed E-state index contributed by atoms with van der Waals surface area (Å²) in [5, 5.41) is 6.81. The number of hydrogen-bond acceptors (Lipinski definition) is 3. The molecule has 1 unspecified atom stereocenters. The summed E-state index contributed by atoms with van der Waals surface area (Å²) in [6.45, 7) is 6.91. The van der Waals surface area contributed by atoms with Gasteiger partial charge in [0.15, 0.2) is 0 Å². The van der Waals surface area contributed by atoms with Gasteiger partial charge < -0.3 is 15.4 Å². The largest absolute Gasteiger partial charge is 0.376 e. The van der Waals surface area contributed by atoms with E-state index in [2.05, 4.69) is 41.8 Å². The first-order valence-corrected chi connectivity index (χ1v) is 6.43. The fourth-order valence-corrected chi connectivity index (χ4v) is 2.01. The molecule has 1 aliphatic heterocycles. The Labute approximate surface area is 104 Å². The maximum absolute atomic E-state index is 5.64. The van der Waals surface area contributed by atoms with Crippen molar-refractivity contribution in [3.05, 3.63) is 35.4 Å². The summed E-state index contributed by atoms with van der Waals surface area (Å²) < 4.78 is 5.64. The third kappa shape index (κ3) is 4.46. The van der Waals surface area contributed by atoms with Crippen LogP contribution in [-0.4, -0.2) is 32.3 Å². The molecule has 0 spiro atoms. The van der Waals surface area contributed by atoms with Gasteiger partial charge in [-0.25, -0.2) is 0 Å². The van der Waals surface area contributed by atoms with Crippen LogP contribution >= 0.6 is 0 Å². The van der Waals surface area contributed by atoms with Crippen LogP contribution in [0.5, 0.6) is 0 Å². The van der Waals surface area contributed by atoms with Crippen LogP contribution in [0.2, 0.25) is 0 Å². The van der Waals surface area contributed by atoms with Crippen LogP contribution in [0.25, 0.3) is 0 Å². The average Bonchev–Trinajstić information content (AvgIpc) is 2.38. The molecule has 1 aromatic rings. The molecule has 3 nitrogen and oxygen atoms in total. The minimum absolute atomic E-state index is 0.384. The molecule has 0 saturated carbocycles. The molecule has 0 radical (unpaired) electrons. The second-order valence-corrected chi connectivity index (χ2v) is 4.65. The van der Waals surface area contributed by atoms with Gasteiger partial charge >= 0.3 is 0 Å². The number of morpholine rings is 1. The van der Waals surface area contributed by atoms with Gasteiger partial charge in [-0.3, -0.25) is 0 Å². The molecule has 3 heteroatoms. The molecule has 1 aliphatic rings. The number of rotatable bonds is 5. The summed E-state index contributed by atoms with van der Waals surface area (Å²) in [7, 11) is 0. The minimum Gasteiger partial charge on any atom is -0.376 e. The van der Waals surface area contributed by atoms with Gasteiger partial charge in [0.2, 0.25) is 0 Å². The van der Waals surface area contributed by atoms with E-state index in [9.17, 15) is 0 Å². The smallest absolute Gasteiger partial charge is 0.0712 e. The van der Waals surface area contributed by atoms with Gasteiger partial charge in [0, 0.05) is 19.6 Å². The van der Waals surface area contributed by atoms with E-state index < -0.39 is 0 Å². The molecule has 0 aromatic heterocycles. The first kappa shape index (κ1) is 12.6. The Morgan fingerprint density at radius 2 is 2.18 bits per heavy atom. The SMILES string of the molecule is Cc1ccc(CNCCC2CNCCO2)cc1. The zero-order valence-corrected chi connectivity index (χ0v) is 10.5. The van der Waals surface area contributed by atoms with Crippen LogP contribution < -0.4 is 10.6 Å². The van der Waals surface area contributed by atoms with Crippen LogP contribution in [-0.2, 0) is 11.3 Å². The molecule has 0 aliphatic carbocycles. The first-order chi connectivity index (χ1) is 8.34. The molecule has 0 amide bonds. The van der Waals surface area contributed by atoms with Crippen molar-refractivity contribution in [3.63, 3.8) is 0 Å². The van der Waals surface area contributed by atoms with Gasteiger partial charge in [-0.2, -0.15) is 0 Å². The van der Waals surface area contributed by atoms with E-state index in [4.69, 9.17) is 4.74 Å². The van der Waals surface area contributed by atoms with Gasteiger partial charge in [-0.05, 0) is 25.5 Å². The maximum atomic E-state index is 5.64. The quantitative estimate of drug-likeness (QED) is 0.757. The van der Waals surface area contributed by atoms with Crippen molar-refractivity contribution in [2.24, 2.45) is 0 Å².